The van der Waals surface area contributed by atoms with Crippen molar-refractivity contribution in [2.75, 3.05) is 0 Å². The predicted octanol–water partition coefficient (Wildman–Crippen LogP) is 4.83. The van der Waals surface area contributed by atoms with Crippen LogP contribution < -0.4 is 0 Å². The number of carbonyl (C=O) groups excluding carboxylic acids is 1. The van der Waals surface area contributed by atoms with Gasteiger partial charge < -0.3 is 5.11 Å². The second kappa shape index (κ2) is 6.31. The normalized spacial score (nSPS) is 42.1. The summed E-state index contributed by atoms with van der Waals surface area (Å²) in [5, 5.41) is 11.3. The summed E-state index contributed by atoms with van der Waals surface area (Å²) in [6.07, 6.45) is 9.67. The maximum Gasteiger partial charge on any atom is 0.158 e. The lowest BCUT2D eigenvalue weighted by Gasteiger charge is -2.40. The summed E-state index contributed by atoms with van der Waals surface area (Å²) in [4.78, 5) is 12.6. The lowest BCUT2D eigenvalue weighted by atomic mass is 9.67. The van der Waals surface area contributed by atoms with Gasteiger partial charge in [0, 0.05) is 12.3 Å². The summed E-state index contributed by atoms with van der Waals surface area (Å²) < 4.78 is 0. The third-order valence-corrected chi connectivity index (χ3v) is 6.28. The number of hydrogen-bond acceptors (Lipinski definition) is 2. The maximum absolute atomic E-state index is 12.6. The van der Waals surface area contributed by atoms with Gasteiger partial charge in [0.25, 0.3) is 0 Å². The Morgan fingerprint density at radius 3 is 2.55 bits per heavy atom. The van der Waals surface area contributed by atoms with Gasteiger partial charge in [-0.2, -0.15) is 0 Å². The number of fused-ring (bicyclic) bond motifs is 1. The molecule has 0 amide bonds. The molecule has 0 saturated heterocycles. The van der Waals surface area contributed by atoms with Crippen molar-refractivity contribution in [3.8, 4) is 0 Å². The quantitative estimate of drug-likeness (QED) is 0.705. The van der Waals surface area contributed by atoms with Crippen molar-refractivity contribution >= 4 is 5.78 Å². The first kappa shape index (κ1) is 17.5. The van der Waals surface area contributed by atoms with Crippen LogP contribution >= 0.6 is 0 Å². The van der Waals surface area contributed by atoms with Crippen LogP contribution in [0.25, 0.3) is 0 Å². The van der Waals surface area contributed by atoms with E-state index in [1.165, 1.54) is 5.57 Å². The summed E-state index contributed by atoms with van der Waals surface area (Å²) in [5.74, 6) is 0.460. The molecule has 3 atom stereocenters. The van der Waals surface area contributed by atoms with Crippen LogP contribution in [0.3, 0.4) is 0 Å². The molecule has 0 aromatic carbocycles. The van der Waals surface area contributed by atoms with Crippen molar-refractivity contribution in [2.45, 2.75) is 78.7 Å². The summed E-state index contributed by atoms with van der Waals surface area (Å²) in [6.45, 7) is 10.6. The molecule has 1 fully saturated rings. The number of allylic oxidation sites excluding steroid dienone is 4. The number of carbonyl (C=O) groups is 1. The van der Waals surface area contributed by atoms with Crippen molar-refractivity contribution in [3.63, 3.8) is 0 Å². The van der Waals surface area contributed by atoms with Crippen LogP contribution in [0.15, 0.2) is 23.3 Å². The molecule has 0 radical (unpaired) electrons. The van der Waals surface area contributed by atoms with Gasteiger partial charge in [0.05, 0.1) is 5.60 Å². The topological polar surface area (TPSA) is 37.3 Å². The molecular formula is C20H32O2. The fourth-order valence-corrected chi connectivity index (χ4v) is 4.28. The third-order valence-electron chi connectivity index (χ3n) is 6.28. The Kier molecular flexibility index (Phi) is 5.01. The van der Waals surface area contributed by atoms with E-state index < -0.39 is 5.60 Å². The minimum absolute atomic E-state index is 0.0283. The monoisotopic (exact) mass is 304 g/mol. The van der Waals surface area contributed by atoms with E-state index in [0.29, 0.717) is 6.42 Å². The maximum atomic E-state index is 12.6. The summed E-state index contributed by atoms with van der Waals surface area (Å²) >= 11 is 0. The van der Waals surface area contributed by atoms with Crippen molar-refractivity contribution in [3.05, 3.63) is 23.3 Å². The van der Waals surface area contributed by atoms with Gasteiger partial charge in [0.15, 0.2) is 5.78 Å². The van der Waals surface area contributed by atoms with Gasteiger partial charge in [-0.15, -0.1) is 0 Å². The molecular weight excluding hydrogens is 272 g/mol. The molecule has 0 bridgehead atoms. The molecule has 2 aliphatic carbocycles. The molecule has 0 spiro atoms. The van der Waals surface area contributed by atoms with Crippen molar-refractivity contribution in [1.29, 1.82) is 0 Å². The highest BCUT2D eigenvalue weighted by Crippen LogP contribution is 2.56. The van der Waals surface area contributed by atoms with Crippen LogP contribution in [0.2, 0.25) is 0 Å². The highest BCUT2D eigenvalue weighted by Gasteiger charge is 2.55. The second-order valence-corrected chi connectivity index (χ2v) is 8.16. The van der Waals surface area contributed by atoms with Crippen LogP contribution in [0.5, 0.6) is 0 Å². The fourth-order valence-electron chi connectivity index (χ4n) is 4.28. The van der Waals surface area contributed by atoms with Gasteiger partial charge in [0.1, 0.15) is 0 Å². The summed E-state index contributed by atoms with van der Waals surface area (Å²) in [6, 6.07) is 0. The first-order valence-corrected chi connectivity index (χ1v) is 8.77. The van der Waals surface area contributed by atoms with Crippen molar-refractivity contribution < 1.29 is 9.90 Å². The zero-order valence-corrected chi connectivity index (χ0v) is 14.9. The average Bonchev–Trinajstić information content (AvgIpc) is 2.70. The number of ketones is 1. The summed E-state index contributed by atoms with van der Waals surface area (Å²) in [5.41, 5.74) is 1.59. The number of aliphatic hydroxyl groups is 1. The molecule has 2 rings (SSSR count). The Bertz CT molecular complexity index is 500. The molecule has 2 aliphatic rings. The van der Waals surface area contributed by atoms with E-state index >= 15 is 0 Å². The lowest BCUT2D eigenvalue weighted by Crippen LogP contribution is -2.44. The highest BCUT2D eigenvalue weighted by atomic mass is 16.3. The molecule has 0 aromatic rings. The van der Waals surface area contributed by atoms with Crippen LogP contribution in [0, 0.1) is 17.3 Å². The molecule has 22 heavy (non-hydrogen) atoms. The first-order chi connectivity index (χ1) is 10.2. The first-order valence-electron chi connectivity index (χ1n) is 8.77. The second-order valence-electron chi connectivity index (χ2n) is 8.16. The van der Waals surface area contributed by atoms with E-state index in [4.69, 9.17) is 0 Å². The molecule has 1 N–H and O–H groups in total. The van der Waals surface area contributed by atoms with E-state index in [1.807, 2.05) is 6.92 Å². The number of hydrogen-bond donors (Lipinski definition) is 1. The Morgan fingerprint density at radius 1 is 1.23 bits per heavy atom. The van der Waals surface area contributed by atoms with E-state index in [1.54, 1.807) is 0 Å². The Morgan fingerprint density at radius 2 is 1.91 bits per heavy atom. The SMILES string of the molecule is C/C1=C/CC/C(C)=C/C[C@@]2(C)CC[C@@](O)(C(C)C)[C@@H]2CC1=O. The third kappa shape index (κ3) is 3.22. The molecule has 0 aromatic heterocycles. The van der Waals surface area contributed by atoms with E-state index in [0.717, 1.165) is 37.7 Å². The van der Waals surface area contributed by atoms with Gasteiger partial charge in [-0.05, 0) is 62.9 Å². The van der Waals surface area contributed by atoms with E-state index in [9.17, 15) is 9.90 Å². The standard InChI is InChI=1S/C20H32O2/c1-14(2)20(22)12-11-19(5)10-9-15(3)7-6-8-16(4)17(21)13-18(19)20/h8-9,14,18,22H,6-7,10-13H2,1-5H3/b15-9+,16-8-/t18-,19+,20-/m1/s1. The van der Waals surface area contributed by atoms with Gasteiger partial charge in [-0.1, -0.05) is 38.5 Å². The Balaban J connectivity index is 2.42. The zero-order valence-electron chi connectivity index (χ0n) is 14.9. The minimum atomic E-state index is -0.708. The summed E-state index contributed by atoms with van der Waals surface area (Å²) in [7, 11) is 0. The van der Waals surface area contributed by atoms with Gasteiger partial charge >= 0.3 is 0 Å². The number of rotatable bonds is 1. The van der Waals surface area contributed by atoms with E-state index in [-0.39, 0.29) is 23.0 Å². The molecule has 124 valence electrons. The molecule has 0 aliphatic heterocycles. The lowest BCUT2D eigenvalue weighted by molar-refractivity contribution is -0.122. The van der Waals surface area contributed by atoms with Crippen LogP contribution in [-0.2, 0) is 4.79 Å². The smallest absolute Gasteiger partial charge is 0.158 e. The van der Waals surface area contributed by atoms with Gasteiger partial charge in [-0.3, -0.25) is 4.79 Å². The van der Waals surface area contributed by atoms with Crippen molar-refractivity contribution in [2.24, 2.45) is 17.3 Å². The molecule has 2 nitrogen and oxygen atoms in total. The largest absolute Gasteiger partial charge is 0.389 e. The average molecular weight is 304 g/mol. The fraction of sp³-hybridized carbons (Fsp3) is 0.750. The number of Topliss-reactive ketones (excluding diaryl/α,β-unsaturated/α-hetero) is 1. The Hall–Kier alpha value is -0.890. The predicted molar refractivity (Wildman–Crippen MR) is 91.6 cm³/mol. The van der Waals surface area contributed by atoms with Gasteiger partial charge in [0.2, 0.25) is 0 Å². The molecule has 2 heteroatoms. The minimum Gasteiger partial charge on any atom is -0.389 e. The van der Waals surface area contributed by atoms with Gasteiger partial charge in [-0.25, -0.2) is 0 Å². The van der Waals surface area contributed by atoms with Crippen molar-refractivity contribution in [1.82, 2.24) is 0 Å². The zero-order chi connectivity index (χ0) is 16.5. The van der Waals surface area contributed by atoms with E-state index in [2.05, 4.69) is 39.8 Å². The molecule has 0 heterocycles. The van der Waals surface area contributed by atoms with Crippen LogP contribution in [-0.4, -0.2) is 16.5 Å². The molecule has 1 saturated carbocycles. The van der Waals surface area contributed by atoms with Crippen LogP contribution in [0.4, 0.5) is 0 Å². The van der Waals surface area contributed by atoms with Crippen LogP contribution in [0.1, 0.15) is 73.1 Å². The molecule has 0 unspecified atom stereocenters. The Labute approximate surface area is 135 Å². The highest BCUT2D eigenvalue weighted by molar-refractivity contribution is 5.95.